The van der Waals surface area contributed by atoms with Crippen molar-refractivity contribution < 1.29 is 19.5 Å². The summed E-state index contributed by atoms with van der Waals surface area (Å²) < 4.78 is 7.59. The van der Waals surface area contributed by atoms with Crippen LogP contribution >= 0.6 is 0 Å². The van der Waals surface area contributed by atoms with Crippen molar-refractivity contribution in [2.75, 3.05) is 43.7 Å². The maximum atomic E-state index is 10.0. The highest BCUT2D eigenvalue weighted by Crippen LogP contribution is 2.29. The van der Waals surface area contributed by atoms with E-state index in [-0.39, 0.29) is 6.61 Å². The third-order valence-corrected chi connectivity index (χ3v) is 3.97. The first-order valence-corrected chi connectivity index (χ1v) is 7.45. The summed E-state index contributed by atoms with van der Waals surface area (Å²) in [6.45, 7) is -0.231. The Morgan fingerprint density at radius 2 is 2.04 bits per heavy atom. The molecule has 3 atom stereocenters. The quantitative estimate of drug-likeness (QED) is 0.387. The van der Waals surface area contributed by atoms with Gasteiger partial charge in [0.25, 0.3) is 0 Å². The van der Waals surface area contributed by atoms with Crippen molar-refractivity contribution in [1.29, 1.82) is 0 Å². The molecule has 0 spiro atoms. The number of H-pyrrole nitrogens is 1. The van der Waals surface area contributed by atoms with Crippen molar-refractivity contribution in [3.63, 3.8) is 0 Å². The van der Waals surface area contributed by atoms with Crippen LogP contribution in [0.15, 0.2) is 0 Å². The molecule has 1 aliphatic heterocycles. The van der Waals surface area contributed by atoms with Crippen LogP contribution < -0.4 is 20.5 Å². The van der Waals surface area contributed by atoms with Crippen molar-refractivity contribution in [2.45, 2.75) is 24.9 Å². The lowest BCUT2D eigenvalue weighted by molar-refractivity contribution is -0.736. The first kappa shape index (κ1) is 15.7. The van der Waals surface area contributed by atoms with Crippen LogP contribution in [0.1, 0.15) is 12.6 Å². The number of nitrogens with zero attached hydrogens (tertiary/aromatic N) is 3. The van der Waals surface area contributed by atoms with E-state index in [1.165, 1.54) is 0 Å². The molecule has 1 saturated heterocycles. The van der Waals surface area contributed by atoms with E-state index in [0.29, 0.717) is 24.0 Å². The van der Waals surface area contributed by atoms with E-state index < -0.39 is 18.4 Å². The Bertz CT molecular complexity index is 704. The Morgan fingerprint density at radius 1 is 1.26 bits per heavy atom. The molecule has 23 heavy (non-hydrogen) atoms. The Kier molecular flexibility index (Phi) is 4.20. The summed E-state index contributed by atoms with van der Waals surface area (Å²) in [5.41, 5.74) is 1.28. The number of aromatic nitrogens is 4. The highest BCUT2D eigenvalue weighted by molar-refractivity contribution is 5.83. The average Bonchev–Trinajstić information content (AvgIpc) is 3.15. The molecule has 10 nitrogen and oxygen atoms in total. The lowest BCUT2D eigenvalue weighted by Crippen LogP contribution is -2.45. The van der Waals surface area contributed by atoms with Gasteiger partial charge in [-0.2, -0.15) is 9.55 Å². The summed E-state index contributed by atoms with van der Waals surface area (Å²) >= 11 is 0. The standard InChI is InChI=1S/C13H21N7O3/c1-14-11-9-10(18-12(15-2)17-9)19-13(16-3)20(11)8-4-6(22)7(5-21)23-8/h6-8,21-22H,4-5H2,1-3H3,(H3,14,15,16,17,18,19)/p+1/t6-,7+,8?/m0/s1. The van der Waals surface area contributed by atoms with Gasteiger partial charge < -0.3 is 30.6 Å². The lowest BCUT2D eigenvalue weighted by atomic mass is 10.2. The summed E-state index contributed by atoms with van der Waals surface area (Å²) in [5, 5.41) is 28.4. The van der Waals surface area contributed by atoms with Crippen LogP contribution in [0.4, 0.5) is 17.7 Å². The van der Waals surface area contributed by atoms with Crippen LogP contribution in [-0.2, 0) is 4.74 Å². The van der Waals surface area contributed by atoms with Crippen molar-refractivity contribution in [3.8, 4) is 0 Å². The first-order valence-electron chi connectivity index (χ1n) is 7.45. The van der Waals surface area contributed by atoms with Gasteiger partial charge in [-0.1, -0.05) is 4.98 Å². The lowest BCUT2D eigenvalue weighted by Gasteiger charge is -2.17. The second-order valence-electron chi connectivity index (χ2n) is 5.30. The van der Waals surface area contributed by atoms with Crippen LogP contribution in [0.25, 0.3) is 11.2 Å². The third kappa shape index (κ3) is 2.54. The average molecular weight is 324 g/mol. The minimum atomic E-state index is -0.725. The minimum absolute atomic E-state index is 0.231. The molecule has 0 radical (unpaired) electrons. The largest absolute Gasteiger partial charge is 0.394 e. The van der Waals surface area contributed by atoms with Gasteiger partial charge in [0.15, 0.2) is 11.7 Å². The smallest absolute Gasteiger partial charge is 0.351 e. The molecule has 2 aromatic rings. The number of fused-ring (bicyclic) bond motifs is 1. The molecule has 0 aromatic carbocycles. The zero-order valence-electron chi connectivity index (χ0n) is 13.3. The summed E-state index contributed by atoms with van der Waals surface area (Å²) in [4.78, 5) is 12.0. The molecule has 6 N–H and O–H groups in total. The van der Waals surface area contributed by atoms with E-state index in [4.69, 9.17) is 4.74 Å². The molecule has 0 aliphatic carbocycles. The Labute approximate surface area is 132 Å². The van der Waals surface area contributed by atoms with Gasteiger partial charge in [-0.15, -0.1) is 0 Å². The van der Waals surface area contributed by atoms with Gasteiger partial charge in [-0.3, -0.25) is 5.32 Å². The maximum Gasteiger partial charge on any atom is 0.351 e. The van der Waals surface area contributed by atoms with Gasteiger partial charge in [-0.05, 0) is 0 Å². The number of imidazole rings is 1. The zero-order chi connectivity index (χ0) is 16.6. The number of hydrogen-bond acceptors (Lipinski definition) is 8. The second kappa shape index (κ2) is 6.14. The Hall–Kier alpha value is -2.17. The number of aliphatic hydroxyl groups is 2. The van der Waals surface area contributed by atoms with E-state index >= 15 is 0 Å². The Balaban J connectivity index is 2.14. The number of aliphatic hydroxyl groups excluding tert-OH is 2. The molecule has 3 heterocycles. The molecule has 0 saturated carbocycles. The van der Waals surface area contributed by atoms with Crippen molar-refractivity contribution >= 4 is 28.9 Å². The number of nitrogens with one attached hydrogen (secondary N) is 4. The van der Waals surface area contributed by atoms with Crippen LogP contribution in [-0.4, -0.2) is 65.1 Å². The van der Waals surface area contributed by atoms with E-state index in [9.17, 15) is 10.2 Å². The van der Waals surface area contributed by atoms with Crippen LogP contribution in [0.5, 0.6) is 0 Å². The van der Waals surface area contributed by atoms with Gasteiger partial charge in [0.05, 0.1) is 12.7 Å². The van der Waals surface area contributed by atoms with E-state index in [1.807, 2.05) is 4.57 Å². The number of anilines is 3. The predicted octanol–water partition coefficient (Wildman–Crippen LogP) is -0.989. The van der Waals surface area contributed by atoms with Gasteiger partial charge >= 0.3 is 5.95 Å². The first-order chi connectivity index (χ1) is 11.1. The normalized spacial score (nSPS) is 24.1. The summed E-state index contributed by atoms with van der Waals surface area (Å²) in [7, 11) is 5.32. The molecule has 1 aliphatic rings. The number of aromatic amines is 1. The van der Waals surface area contributed by atoms with E-state index in [2.05, 4.69) is 30.9 Å². The molecule has 10 heteroatoms. The number of rotatable bonds is 5. The molecule has 3 rings (SSSR count). The summed E-state index contributed by atoms with van der Waals surface area (Å²) in [6.07, 6.45) is -1.42. The molecular weight excluding hydrogens is 302 g/mol. The van der Waals surface area contributed by atoms with Crippen LogP contribution in [0.3, 0.4) is 0 Å². The van der Waals surface area contributed by atoms with Crippen molar-refractivity contribution in [2.24, 2.45) is 0 Å². The van der Waals surface area contributed by atoms with Gasteiger partial charge in [0.2, 0.25) is 17.4 Å². The van der Waals surface area contributed by atoms with Gasteiger partial charge in [-0.25, -0.2) is 0 Å². The topological polar surface area (TPSA) is 131 Å². The molecule has 0 bridgehead atoms. The minimum Gasteiger partial charge on any atom is -0.394 e. The van der Waals surface area contributed by atoms with E-state index in [1.54, 1.807) is 21.1 Å². The predicted molar refractivity (Wildman–Crippen MR) is 84.3 cm³/mol. The second-order valence-corrected chi connectivity index (χ2v) is 5.30. The fourth-order valence-electron chi connectivity index (χ4n) is 2.85. The van der Waals surface area contributed by atoms with E-state index in [0.717, 1.165) is 11.3 Å². The fraction of sp³-hybridized carbons (Fsp3) is 0.615. The zero-order valence-corrected chi connectivity index (χ0v) is 13.3. The van der Waals surface area contributed by atoms with Crippen LogP contribution in [0, 0.1) is 0 Å². The number of ether oxygens (including phenoxy) is 1. The third-order valence-electron chi connectivity index (χ3n) is 3.97. The van der Waals surface area contributed by atoms with Crippen molar-refractivity contribution in [3.05, 3.63) is 0 Å². The van der Waals surface area contributed by atoms with Gasteiger partial charge in [0.1, 0.15) is 6.10 Å². The summed E-state index contributed by atoms with van der Waals surface area (Å²) in [6, 6.07) is 0. The highest BCUT2D eigenvalue weighted by atomic mass is 16.5. The molecule has 1 unspecified atom stereocenters. The van der Waals surface area contributed by atoms with Gasteiger partial charge in [0, 0.05) is 27.6 Å². The molecular formula is C13H22N7O3+. The monoisotopic (exact) mass is 324 g/mol. The maximum absolute atomic E-state index is 10.0. The fourth-order valence-corrected chi connectivity index (χ4v) is 2.85. The van der Waals surface area contributed by atoms with Crippen molar-refractivity contribution in [1.82, 2.24) is 15.0 Å². The highest BCUT2D eigenvalue weighted by Gasteiger charge is 2.39. The summed E-state index contributed by atoms with van der Waals surface area (Å²) in [5.74, 6) is 1.88. The SMILES string of the molecule is CNc1nc2nc(NC)[n+](C3C[C@H](O)[C@@H](CO)O3)c(NC)c2[nH]1. The molecule has 1 fully saturated rings. The van der Waals surface area contributed by atoms with Crippen LogP contribution in [0.2, 0.25) is 0 Å². The number of hydrogen-bond donors (Lipinski definition) is 6. The molecule has 2 aromatic heterocycles. The Morgan fingerprint density at radius 3 is 2.61 bits per heavy atom. The molecule has 0 amide bonds. The molecule has 126 valence electrons.